The molecular formula is C15H16N4O. The van der Waals surface area contributed by atoms with Gasteiger partial charge in [-0.2, -0.15) is 9.61 Å². The van der Waals surface area contributed by atoms with Gasteiger partial charge < -0.3 is 10.0 Å². The van der Waals surface area contributed by atoms with E-state index in [4.69, 9.17) is 0 Å². The number of hydrogen-bond donors (Lipinski definition) is 1. The third kappa shape index (κ3) is 1.97. The molecule has 0 aliphatic heterocycles. The standard InChI is InChI=1S/C15H16N4O/c1-10-7-14(20)19-15(17-10)13(9-16-19)11-5-4-6-12(8-11)18(2)3/h4-9,20H,1-3H3. The molecule has 0 saturated heterocycles. The molecule has 1 aromatic carbocycles. The van der Waals surface area contributed by atoms with Crippen molar-refractivity contribution in [2.45, 2.75) is 6.92 Å². The Morgan fingerprint density at radius 2 is 2.00 bits per heavy atom. The van der Waals surface area contributed by atoms with Gasteiger partial charge in [-0.1, -0.05) is 12.1 Å². The minimum Gasteiger partial charge on any atom is -0.493 e. The summed E-state index contributed by atoms with van der Waals surface area (Å²) in [5, 5.41) is 14.1. The van der Waals surface area contributed by atoms with Gasteiger partial charge in [-0.15, -0.1) is 0 Å². The zero-order valence-corrected chi connectivity index (χ0v) is 11.7. The second-order valence-electron chi connectivity index (χ2n) is 4.99. The minimum absolute atomic E-state index is 0.0996. The Kier molecular flexibility index (Phi) is 2.82. The molecule has 2 heterocycles. The zero-order valence-electron chi connectivity index (χ0n) is 11.7. The van der Waals surface area contributed by atoms with Crippen LogP contribution in [0.4, 0.5) is 5.69 Å². The lowest BCUT2D eigenvalue weighted by atomic mass is 10.1. The molecule has 1 N–H and O–H groups in total. The molecule has 0 unspecified atom stereocenters. The molecule has 0 saturated carbocycles. The summed E-state index contributed by atoms with van der Waals surface area (Å²) in [7, 11) is 4.01. The van der Waals surface area contributed by atoms with E-state index in [0.29, 0.717) is 5.65 Å². The number of aromatic nitrogens is 3. The maximum Gasteiger partial charge on any atom is 0.215 e. The average molecular weight is 268 g/mol. The number of benzene rings is 1. The highest BCUT2D eigenvalue weighted by atomic mass is 16.3. The van der Waals surface area contributed by atoms with Gasteiger partial charge in [0.15, 0.2) is 5.65 Å². The van der Waals surface area contributed by atoms with E-state index < -0.39 is 0 Å². The maximum absolute atomic E-state index is 9.91. The molecule has 102 valence electrons. The number of anilines is 1. The summed E-state index contributed by atoms with van der Waals surface area (Å²) in [5.74, 6) is 0.0996. The van der Waals surface area contributed by atoms with Gasteiger partial charge in [0.2, 0.25) is 5.88 Å². The van der Waals surface area contributed by atoms with Gasteiger partial charge in [-0.05, 0) is 24.6 Å². The molecule has 5 nitrogen and oxygen atoms in total. The SMILES string of the molecule is Cc1cc(O)n2ncc(-c3cccc(N(C)C)c3)c2n1. The van der Waals surface area contributed by atoms with Crippen LogP contribution in [0.2, 0.25) is 0 Å². The van der Waals surface area contributed by atoms with E-state index in [0.717, 1.165) is 22.5 Å². The highest BCUT2D eigenvalue weighted by molar-refractivity contribution is 5.79. The Balaban J connectivity index is 2.22. The Labute approximate surface area is 117 Å². The maximum atomic E-state index is 9.91. The number of nitrogens with zero attached hydrogens (tertiary/aromatic N) is 4. The van der Waals surface area contributed by atoms with Gasteiger partial charge in [0.05, 0.1) is 6.20 Å². The van der Waals surface area contributed by atoms with Crippen LogP contribution in [0.5, 0.6) is 5.88 Å². The van der Waals surface area contributed by atoms with Crippen LogP contribution in [0, 0.1) is 6.92 Å². The van der Waals surface area contributed by atoms with E-state index in [1.54, 1.807) is 12.3 Å². The van der Waals surface area contributed by atoms with Crippen LogP contribution >= 0.6 is 0 Å². The number of fused-ring (bicyclic) bond motifs is 1. The first-order valence-electron chi connectivity index (χ1n) is 6.38. The number of aromatic hydroxyl groups is 1. The summed E-state index contributed by atoms with van der Waals surface area (Å²) in [6.45, 7) is 1.85. The molecule has 0 radical (unpaired) electrons. The second kappa shape index (κ2) is 4.52. The van der Waals surface area contributed by atoms with Gasteiger partial charge >= 0.3 is 0 Å². The Hall–Kier alpha value is -2.56. The molecule has 20 heavy (non-hydrogen) atoms. The first-order chi connectivity index (χ1) is 9.56. The predicted octanol–water partition coefficient (Wildman–Crippen LogP) is 2.48. The van der Waals surface area contributed by atoms with E-state index in [-0.39, 0.29) is 5.88 Å². The van der Waals surface area contributed by atoms with Crippen molar-refractivity contribution in [1.82, 2.24) is 14.6 Å². The summed E-state index contributed by atoms with van der Waals surface area (Å²) in [4.78, 5) is 6.52. The molecule has 0 aliphatic rings. The minimum atomic E-state index is 0.0996. The van der Waals surface area contributed by atoms with Crippen molar-refractivity contribution in [1.29, 1.82) is 0 Å². The molecule has 0 aliphatic carbocycles. The van der Waals surface area contributed by atoms with Crippen LogP contribution in [0.15, 0.2) is 36.5 Å². The van der Waals surface area contributed by atoms with Gasteiger partial charge in [-0.25, -0.2) is 4.98 Å². The van der Waals surface area contributed by atoms with Crippen molar-refractivity contribution in [3.05, 3.63) is 42.2 Å². The summed E-state index contributed by atoms with van der Waals surface area (Å²) >= 11 is 0. The van der Waals surface area contributed by atoms with E-state index in [9.17, 15) is 5.11 Å². The van der Waals surface area contributed by atoms with Crippen LogP contribution < -0.4 is 4.90 Å². The second-order valence-corrected chi connectivity index (χ2v) is 4.99. The van der Waals surface area contributed by atoms with E-state index in [2.05, 4.69) is 16.1 Å². The Morgan fingerprint density at radius 1 is 1.20 bits per heavy atom. The van der Waals surface area contributed by atoms with Crippen molar-refractivity contribution >= 4 is 11.3 Å². The average Bonchev–Trinajstić information content (AvgIpc) is 2.82. The van der Waals surface area contributed by atoms with Crippen molar-refractivity contribution in [2.75, 3.05) is 19.0 Å². The molecule has 0 atom stereocenters. The third-order valence-corrected chi connectivity index (χ3v) is 3.25. The van der Waals surface area contributed by atoms with Crippen LogP contribution in [0.1, 0.15) is 5.69 Å². The van der Waals surface area contributed by atoms with Crippen LogP contribution in [0.3, 0.4) is 0 Å². The molecule has 2 aromatic heterocycles. The summed E-state index contributed by atoms with van der Waals surface area (Å²) in [6.07, 6.45) is 1.73. The van der Waals surface area contributed by atoms with Gasteiger partial charge in [0, 0.05) is 37.1 Å². The van der Waals surface area contributed by atoms with Crippen molar-refractivity contribution in [3.63, 3.8) is 0 Å². The highest BCUT2D eigenvalue weighted by Crippen LogP contribution is 2.28. The van der Waals surface area contributed by atoms with Crippen LogP contribution in [0.25, 0.3) is 16.8 Å². The summed E-state index contributed by atoms with van der Waals surface area (Å²) in [5.41, 5.74) is 4.48. The fraction of sp³-hybridized carbons (Fsp3) is 0.200. The first kappa shape index (κ1) is 12.5. The zero-order chi connectivity index (χ0) is 14.3. The molecule has 5 heteroatoms. The van der Waals surface area contributed by atoms with Crippen LogP contribution in [-0.2, 0) is 0 Å². The fourth-order valence-electron chi connectivity index (χ4n) is 2.22. The number of hydrogen-bond acceptors (Lipinski definition) is 4. The molecule has 0 spiro atoms. The molecule has 3 rings (SSSR count). The van der Waals surface area contributed by atoms with Crippen molar-refractivity contribution in [2.24, 2.45) is 0 Å². The van der Waals surface area contributed by atoms with E-state index >= 15 is 0 Å². The Bertz CT molecular complexity index is 777. The van der Waals surface area contributed by atoms with E-state index in [1.807, 2.05) is 44.1 Å². The smallest absolute Gasteiger partial charge is 0.215 e. The van der Waals surface area contributed by atoms with Crippen molar-refractivity contribution in [3.8, 4) is 17.0 Å². The van der Waals surface area contributed by atoms with Gasteiger partial charge in [0.1, 0.15) is 0 Å². The molecular weight excluding hydrogens is 252 g/mol. The third-order valence-electron chi connectivity index (χ3n) is 3.25. The first-order valence-corrected chi connectivity index (χ1v) is 6.38. The lowest BCUT2D eigenvalue weighted by Gasteiger charge is -2.13. The van der Waals surface area contributed by atoms with Crippen LogP contribution in [-0.4, -0.2) is 33.8 Å². The lowest BCUT2D eigenvalue weighted by molar-refractivity contribution is 0.434. The summed E-state index contributed by atoms with van der Waals surface area (Å²) in [6, 6.07) is 9.75. The van der Waals surface area contributed by atoms with E-state index in [1.165, 1.54) is 4.52 Å². The Morgan fingerprint density at radius 3 is 2.75 bits per heavy atom. The summed E-state index contributed by atoms with van der Waals surface area (Å²) < 4.78 is 1.45. The fourth-order valence-corrected chi connectivity index (χ4v) is 2.22. The quantitative estimate of drug-likeness (QED) is 0.775. The topological polar surface area (TPSA) is 53.7 Å². The monoisotopic (exact) mass is 268 g/mol. The highest BCUT2D eigenvalue weighted by Gasteiger charge is 2.12. The number of aryl methyl sites for hydroxylation is 1. The molecule has 0 amide bonds. The van der Waals surface area contributed by atoms with Gasteiger partial charge in [-0.3, -0.25) is 0 Å². The number of rotatable bonds is 2. The lowest BCUT2D eigenvalue weighted by Crippen LogP contribution is -2.08. The largest absolute Gasteiger partial charge is 0.493 e. The normalized spacial score (nSPS) is 10.9. The molecule has 0 bridgehead atoms. The molecule has 0 fully saturated rings. The predicted molar refractivity (Wildman–Crippen MR) is 79.2 cm³/mol. The van der Waals surface area contributed by atoms with Crippen molar-refractivity contribution < 1.29 is 5.11 Å². The molecule has 3 aromatic rings. The van der Waals surface area contributed by atoms with Gasteiger partial charge in [0.25, 0.3) is 0 Å².